The van der Waals surface area contributed by atoms with E-state index in [0.717, 1.165) is 29.8 Å². The maximum Gasteiger partial charge on any atom is 0.254 e. The largest absolute Gasteiger partial charge is 0.497 e. The Bertz CT molecular complexity index is 1300. The minimum atomic E-state index is -0.183. The molecule has 0 bridgehead atoms. The summed E-state index contributed by atoms with van der Waals surface area (Å²) in [6.45, 7) is 10.2. The lowest BCUT2D eigenvalue weighted by Crippen LogP contribution is -2.46. The molecular formula is C32H41N3O5. The summed E-state index contributed by atoms with van der Waals surface area (Å²) in [5.74, 6) is 2.14. The number of hydrogen-bond acceptors (Lipinski definition) is 5. The van der Waals surface area contributed by atoms with Gasteiger partial charge in [0.2, 0.25) is 12.7 Å². The molecule has 1 atom stereocenters. The summed E-state index contributed by atoms with van der Waals surface area (Å²) in [4.78, 5) is 31.1. The van der Waals surface area contributed by atoms with E-state index < -0.39 is 0 Å². The minimum absolute atomic E-state index is 0.0141. The number of methoxy groups -OCH3 is 1. The lowest BCUT2D eigenvalue weighted by molar-refractivity contribution is -0.134. The van der Waals surface area contributed by atoms with Gasteiger partial charge in [0.25, 0.3) is 5.91 Å². The first-order valence-corrected chi connectivity index (χ1v) is 14.0. The van der Waals surface area contributed by atoms with Gasteiger partial charge in [0, 0.05) is 36.6 Å². The van der Waals surface area contributed by atoms with Gasteiger partial charge in [-0.05, 0) is 73.7 Å². The van der Waals surface area contributed by atoms with Crippen LogP contribution in [-0.4, -0.2) is 59.2 Å². The lowest BCUT2D eigenvalue weighted by atomic mass is 10.1. The average Bonchev–Trinajstić information content (AvgIpc) is 3.61. The fraction of sp³-hybridized carbons (Fsp3) is 0.438. The SMILES string of the molecule is CC[C@H](C)N(Cc1cccn1Cc1cccc(OC)c1)C(=O)CN(CCC(C)C)C(=O)c1ccc2c(c1)OCO2. The zero-order valence-electron chi connectivity index (χ0n) is 24.3. The standard InChI is InChI=1S/C32H41N3O5/c1-6-24(4)35(20-27-10-8-15-33(27)19-25-9-7-11-28(17-25)38-5)31(36)21-34(16-14-23(2)3)32(37)26-12-13-29-30(18-26)40-22-39-29/h7-13,15,17-18,23-24H,6,14,16,19-22H2,1-5H3/t24-/m0/s1. The Labute approximate surface area is 237 Å². The highest BCUT2D eigenvalue weighted by molar-refractivity contribution is 5.97. The lowest BCUT2D eigenvalue weighted by Gasteiger charge is -2.32. The number of amides is 2. The van der Waals surface area contributed by atoms with E-state index in [0.29, 0.717) is 42.6 Å². The van der Waals surface area contributed by atoms with Gasteiger partial charge in [-0.15, -0.1) is 0 Å². The third-order valence-corrected chi connectivity index (χ3v) is 7.40. The molecule has 0 saturated carbocycles. The molecule has 2 amide bonds. The van der Waals surface area contributed by atoms with Crippen LogP contribution in [0.5, 0.6) is 17.2 Å². The number of aromatic nitrogens is 1. The molecule has 1 aromatic heterocycles. The van der Waals surface area contributed by atoms with Gasteiger partial charge in [-0.3, -0.25) is 9.59 Å². The number of rotatable bonds is 13. The number of benzene rings is 2. The Balaban J connectivity index is 1.52. The van der Waals surface area contributed by atoms with Crippen molar-refractivity contribution in [1.29, 1.82) is 0 Å². The zero-order valence-corrected chi connectivity index (χ0v) is 24.3. The van der Waals surface area contributed by atoms with Crippen molar-refractivity contribution in [3.05, 3.63) is 77.6 Å². The molecule has 8 heteroatoms. The molecule has 1 aliphatic heterocycles. The van der Waals surface area contributed by atoms with Crippen molar-refractivity contribution in [3.63, 3.8) is 0 Å². The Morgan fingerprint density at radius 3 is 2.58 bits per heavy atom. The number of fused-ring (bicyclic) bond motifs is 1. The number of carbonyl (C=O) groups excluding carboxylic acids is 2. The second kappa shape index (κ2) is 13.4. The van der Waals surface area contributed by atoms with E-state index in [1.165, 1.54) is 0 Å². The van der Waals surface area contributed by atoms with Crippen molar-refractivity contribution < 1.29 is 23.8 Å². The summed E-state index contributed by atoms with van der Waals surface area (Å²) in [7, 11) is 1.66. The van der Waals surface area contributed by atoms with E-state index in [2.05, 4.69) is 44.4 Å². The van der Waals surface area contributed by atoms with Gasteiger partial charge in [-0.1, -0.05) is 32.9 Å². The summed E-state index contributed by atoms with van der Waals surface area (Å²) in [5.41, 5.74) is 2.64. The van der Waals surface area contributed by atoms with E-state index in [1.807, 2.05) is 35.4 Å². The predicted octanol–water partition coefficient (Wildman–Crippen LogP) is 5.59. The highest BCUT2D eigenvalue weighted by atomic mass is 16.7. The number of ether oxygens (including phenoxy) is 3. The molecule has 40 heavy (non-hydrogen) atoms. The summed E-state index contributed by atoms with van der Waals surface area (Å²) in [6, 6.07) is 17.3. The van der Waals surface area contributed by atoms with Crippen molar-refractivity contribution >= 4 is 11.8 Å². The minimum Gasteiger partial charge on any atom is -0.497 e. The smallest absolute Gasteiger partial charge is 0.254 e. The molecular weight excluding hydrogens is 506 g/mol. The van der Waals surface area contributed by atoms with Crippen LogP contribution in [0.4, 0.5) is 0 Å². The van der Waals surface area contributed by atoms with E-state index in [4.69, 9.17) is 14.2 Å². The van der Waals surface area contributed by atoms with Crippen LogP contribution in [0.15, 0.2) is 60.8 Å². The highest BCUT2D eigenvalue weighted by Crippen LogP contribution is 2.33. The van der Waals surface area contributed by atoms with Crippen LogP contribution in [0.1, 0.15) is 62.2 Å². The normalized spacial score (nSPS) is 12.8. The molecule has 214 valence electrons. The van der Waals surface area contributed by atoms with Gasteiger partial charge in [-0.25, -0.2) is 0 Å². The zero-order chi connectivity index (χ0) is 28.6. The molecule has 0 unspecified atom stereocenters. The first-order chi connectivity index (χ1) is 19.3. The maximum absolute atomic E-state index is 13.9. The first kappa shape index (κ1) is 29.1. The Kier molecular flexibility index (Phi) is 9.74. The topological polar surface area (TPSA) is 73.2 Å². The van der Waals surface area contributed by atoms with Gasteiger partial charge >= 0.3 is 0 Å². The van der Waals surface area contributed by atoms with Crippen LogP contribution in [0, 0.1) is 5.92 Å². The van der Waals surface area contributed by atoms with Gasteiger partial charge in [0.15, 0.2) is 11.5 Å². The molecule has 0 saturated heterocycles. The highest BCUT2D eigenvalue weighted by Gasteiger charge is 2.27. The third kappa shape index (κ3) is 7.17. The van der Waals surface area contributed by atoms with Crippen molar-refractivity contribution in [2.75, 3.05) is 27.0 Å². The molecule has 8 nitrogen and oxygen atoms in total. The van der Waals surface area contributed by atoms with Crippen LogP contribution in [0.3, 0.4) is 0 Å². The molecule has 3 aromatic rings. The molecule has 1 aliphatic rings. The van der Waals surface area contributed by atoms with E-state index in [9.17, 15) is 9.59 Å². The number of carbonyl (C=O) groups is 2. The second-order valence-corrected chi connectivity index (χ2v) is 10.7. The molecule has 0 spiro atoms. The second-order valence-electron chi connectivity index (χ2n) is 10.7. The average molecular weight is 548 g/mol. The molecule has 2 aromatic carbocycles. The fourth-order valence-corrected chi connectivity index (χ4v) is 4.73. The van der Waals surface area contributed by atoms with Crippen LogP contribution < -0.4 is 14.2 Å². The van der Waals surface area contributed by atoms with Crippen molar-refractivity contribution in [1.82, 2.24) is 14.4 Å². The quantitative estimate of drug-likeness (QED) is 0.279. The van der Waals surface area contributed by atoms with Gasteiger partial charge in [0.1, 0.15) is 12.3 Å². The Hall–Kier alpha value is -3.94. The van der Waals surface area contributed by atoms with Crippen LogP contribution in [-0.2, 0) is 17.9 Å². The molecule has 0 aliphatic carbocycles. The third-order valence-electron chi connectivity index (χ3n) is 7.40. The van der Waals surface area contributed by atoms with E-state index in [-0.39, 0.29) is 31.2 Å². The monoisotopic (exact) mass is 547 g/mol. The fourth-order valence-electron chi connectivity index (χ4n) is 4.73. The summed E-state index contributed by atoms with van der Waals surface area (Å²) in [6.07, 6.45) is 3.65. The summed E-state index contributed by atoms with van der Waals surface area (Å²) >= 11 is 0. The molecule has 2 heterocycles. The molecule has 0 N–H and O–H groups in total. The molecule has 4 rings (SSSR count). The Morgan fingerprint density at radius 2 is 1.82 bits per heavy atom. The van der Waals surface area contributed by atoms with Crippen molar-refractivity contribution in [2.24, 2.45) is 5.92 Å². The summed E-state index contributed by atoms with van der Waals surface area (Å²) < 4.78 is 18.4. The molecule has 0 fully saturated rings. The Morgan fingerprint density at radius 1 is 1.02 bits per heavy atom. The number of hydrogen-bond donors (Lipinski definition) is 0. The van der Waals surface area contributed by atoms with Gasteiger partial charge in [0.05, 0.1) is 13.7 Å². The van der Waals surface area contributed by atoms with Crippen LogP contribution in [0.25, 0.3) is 0 Å². The van der Waals surface area contributed by atoms with Crippen molar-refractivity contribution in [3.8, 4) is 17.2 Å². The van der Waals surface area contributed by atoms with E-state index in [1.54, 1.807) is 30.2 Å². The number of nitrogens with zero attached hydrogens (tertiary/aromatic N) is 3. The van der Waals surface area contributed by atoms with Crippen LogP contribution >= 0.6 is 0 Å². The maximum atomic E-state index is 13.9. The van der Waals surface area contributed by atoms with Gasteiger partial charge in [-0.2, -0.15) is 0 Å². The first-order valence-electron chi connectivity index (χ1n) is 14.0. The molecule has 0 radical (unpaired) electrons. The predicted molar refractivity (Wildman–Crippen MR) is 155 cm³/mol. The van der Waals surface area contributed by atoms with Crippen molar-refractivity contribution in [2.45, 2.75) is 59.7 Å². The van der Waals surface area contributed by atoms with Gasteiger partial charge < -0.3 is 28.6 Å². The summed E-state index contributed by atoms with van der Waals surface area (Å²) in [5, 5.41) is 0. The van der Waals surface area contributed by atoms with E-state index >= 15 is 0 Å². The van der Waals surface area contributed by atoms with Crippen LogP contribution in [0.2, 0.25) is 0 Å².